The molecule has 1 N–H and O–H groups in total. The van der Waals surface area contributed by atoms with E-state index in [1.165, 1.54) is 11.3 Å². The molecule has 2 aromatic carbocycles. The maximum absolute atomic E-state index is 12.8. The molecule has 0 spiro atoms. The van der Waals surface area contributed by atoms with Crippen molar-refractivity contribution in [3.63, 3.8) is 0 Å². The summed E-state index contributed by atoms with van der Waals surface area (Å²) in [7, 11) is 0. The number of hydrogen-bond donors (Lipinski definition) is 1. The van der Waals surface area contributed by atoms with Crippen LogP contribution in [0.15, 0.2) is 81.3 Å². The number of anilines is 1. The summed E-state index contributed by atoms with van der Waals surface area (Å²) in [6.45, 7) is 1.61. The minimum atomic E-state index is -0.825. The van der Waals surface area contributed by atoms with E-state index in [4.69, 9.17) is 4.42 Å². The molecule has 140 valence electrons. The zero-order chi connectivity index (χ0) is 19.5. The lowest BCUT2D eigenvalue weighted by atomic mass is 10.0. The third kappa shape index (κ3) is 3.52. The average molecular weight is 391 g/mol. The number of nitrogens with zero attached hydrogens (tertiary/aromatic N) is 2. The number of amides is 1. The summed E-state index contributed by atoms with van der Waals surface area (Å²) in [5.41, 5.74) is 2.56. The Hall–Kier alpha value is -3.45. The number of thiophene rings is 1. The molecule has 0 saturated heterocycles. The smallest absolute Gasteiger partial charge is 0.387 e. The Kier molecular flexibility index (Phi) is 4.90. The van der Waals surface area contributed by atoms with Crippen LogP contribution in [0.1, 0.15) is 13.0 Å². The van der Waals surface area contributed by atoms with E-state index in [1.807, 2.05) is 66.0 Å². The predicted molar refractivity (Wildman–Crippen MR) is 109 cm³/mol. The normalized spacial score (nSPS) is 11.9. The van der Waals surface area contributed by atoms with Gasteiger partial charge in [0, 0.05) is 11.3 Å². The van der Waals surface area contributed by atoms with Crippen LogP contribution in [0, 0.1) is 0 Å². The Labute approximate surface area is 165 Å². The fraction of sp³-hybridized carbons (Fsp3) is 0.0952. The number of carbonyl (C=O) groups is 1. The Bertz CT molecular complexity index is 1150. The van der Waals surface area contributed by atoms with E-state index in [9.17, 15) is 9.59 Å². The van der Waals surface area contributed by atoms with E-state index in [0.717, 1.165) is 20.7 Å². The van der Waals surface area contributed by atoms with Crippen molar-refractivity contribution in [3.05, 3.63) is 82.7 Å². The first-order chi connectivity index (χ1) is 13.6. The Morgan fingerprint density at radius 1 is 1.07 bits per heavy atom. The van der Waals surface area contributed by atoms with E-state index < -0.39 is 11.8 Å². The first-order valence-corrected chi connectivity index (χ1v) is 9.60. The van der Waals surface area contributed by atoms with Gasteiger partial charge in [0.1, 0.15) is 6.04 Å². The van der Waals surface area contributed by atoms with E-state index in [1.54, 1.807) is 13.0 Å². The van der Waals surface area contributed by atoms with Gasteiger partial charge >= 0.3 is 5.76 Å². The van der Waals surface area contributed by atoms with Crippen LogP contribution < -0.4 is 11.1 Å². The molecule has 0 aliphatic rings. The van der Waals surface area contributed by atoms with Gasteiger partial charge in [0.25, 0.3) is 5.89 Å². The summed E-state index contributed by atoms with van der Waals surface area (Å²) in [5, 5.41) is 8.95. The number of carbonyl (C=O) groups excluding carboxylic acids is 1. The van der Waals surface area contributed by atoms with Crippen LogP contribution in [0.5, 0.6) is 0 Å². The molecule has 1 amide bonds. The van der Waals surface area contributed by atoms with Gasteiger partial charge in [-0.05, 0) is 30.0 Å². The van der Waals surface area contributed by atoms with Gasteiger partial charge in [-0.1, -0.05) is 54.6 Å². The van der Waals surface area contributed by atoms with Crippen LogP contribution in [0.25, 0.3) is 21.9 Å². The predicted octanol–water partition coefficient (Wildman–Crippen LogP) is 4.43. The fourth-order valence-electron chi connectivity index (χ4n) is 2.84. The molecule has 4 rings (SSSR count). The second kappa shape index (κ2) is 7.66. The zero-order valence-corrected chi connectivity index (χ0v) is 15.8. The van der Waals surface area contributed by atoms with Gasteiger partial charge in [-0.25, -0.2) is 4.79 Å². The molecule has 1 unspecified atom stereocenters. The van der Waals surface area contributed by atoms with Crippen LogP contribution >= 0.6 is 11.3 Å². The molecule has 0 bridgehead atoms. The van der Waals surface area contributed by atoms with Crippen molar-refractivity contribution in [2.24, 2.45) is 0 Å². The highest BCUT2D eigenvalue weighted by atomic mass is 32.1. The second-order valence-corrected chi connectivity index (χ2v) is 7.12. The summed E-state index contributed by atoms with van der Waals surface area (Å²) in [5.74, 6) is -0.803. The largest absolute Gasteiger partial charge is 0.438 e. The molecule has 0 fully saturated rings. The van der Waals surface area contributed by atoms with E-state index in [0.29, 0.717) is 5.69 Å². The molecule has 6 nitrogen and oxygen atoms in total. The van der Waals surface area contributed by atoms with Crippen LogP contribution in [0.4, 0.5) is 5.69 Å². The Morgan fingerprint density at radius 3 is 2.57 bits per heavy atom. The maximum atomic E-state index is 12.8. The standard InChI is InChI=1S/C21H17N3O3S/c1-14(24-21(26)27-20(23-24)18-12-7-13-28-18)19(25)22-17-11-6-5-10-16(17)15-8-3-2-4-9-15/h2-14H,1H3,(H,22,25). The molecule has 0 aliphatic carbocycles. The van der Waals surface area contributed by atoms with Crippen molar-refractivity contribution in [2.75, 3.05) is 5.32 Å². The summed E-state index contributed by atoms with van der Waals surface area (Å²) < 4.78 is 6.27. The fourth-order valence-corrected chi connectivity index (χ4v) is 3.49. The van der Waals surface area contributed by atoms with Crippen molar-refractivity contribution < 1.29 is 9.21 Å². The highest BCUT2D eigenvalue weighted by Gasteiger charge is 2.22. The molecule has 2 heterocycles. The van der Waals surface area contributed by atoms with Crippen LogP contribution in [-0.2, 0) is 4.79 Å². The lowest BCUT2D eigenvalue weighted by Crippen LogP contribution is -2.30. The zero-order valence-electron chi connectivity index (χ0n) is 15.0. The quantitative estimate of drug-likeness (QED) is 0.546. The van der Waals surface area contributed by atoms with Gasteiger partial charge in [0.15, 0.2) is 0 Å². The highest BCUT2D eigenvalue weighted by Crippen LogP contribution is 2.28. The summed E-state index contributed by atoms with van der Waals surface area (Å²) >= 11 is 1.41. The molecule has 28 heavy (non-hydrogen) atoms. The molecular weight excluding hydrogens is 374 g/mol. The second-order valence-electron chi connectivity index (χ2n) is 6.17. The van der Waals surface area contributed by atoms with E-state index >= 15 is 0 Å². The van der Waals surface area contributed by atoms with Gasteiger partial charge in [0.05, 0.1) is 4.88 Å². The van der Waals surface area contributed by atoms with Gasteiger partial charge in [-0.15, -0.1) is 16.4 Å². The third-order valence-corrected chi connectivity index (χ3v) is 5.18. The van der Waals surface area contributed by atoms with Crippen molar-refractivity contribution >= 4 is 22.9 Å². The van der Waals surface area contributed by atoms with Gasteiger partial charge in [-0.3, -0.25) is 4.79 Å². The lowest BCUT2D eigenvalue weighted by molar-refractivity contribution is -0.119. The summed E-state index contributed by atoms with van der Waals surface area (Å²) in [6, 6.07) is 20.1. The summed E-state index contributed by atoms with van der Waals surface area (Å²) in [4.78, 5) is 25.7. The van der Waals surface area contributed by atoms with Crippen molar-refractivity contribution in [1.82, 2.24) is 9.78 Å². The summed E-state index contributed by atoms with van der Waals surface area (Å²) in [6.07, 6.45) is 0. The molecule has 1 atom stereocenters. The Morgan fingerprint density at radius 2 is 1.82 bits per heavy atom. The third-order valence-electron chi connectivity index (χ3n) is 4.32. The SMILES string of the molecule is CC(C(=O)Nc1ccccc1-c1ccccc1)n1nc(-c2cccs2)oc1=O. The number of benzene rings is 2. The Balaban J connectivity index is 1.59. The van der Waals surface area contributed by atoms with Crippen LogP contribution in [0.2, 0.25) is 0 Å². The molecule has 0 saturated carbocycles. The number of nitrogens with one attached hydrogen (secondary N) is 1. The first kappa shape index (κ1) is 17.9. The van der Waals surface area contributed by atoms with E-state index in [2.05, 4.69) is 10.4 Å². The van der Waals surface area contributed by atoms with Gasteiger partial charge in [0.2, 0.25) is 5.91 Å². The van der Waals surface area contributed by atoms with Crippen molar-refractivity contribution in [1.29, 1.82) is 0 Å². The number of hydrogen-bond acceptors (Lipinski definition) is 5. The monoisotopic (exact) mass is 391 g/mol. The molecular formula is C21H17N3O3S. The topological polar surface area (TPSA) is 77.1 Å². The molecule has 0 aliphatic heterocycles. The maximum Gasteiger partial charge on any atom is 0.438 e. The molecule has 0 radical (unpaired) electrons. The van der Waals surface area contributed by atoms with Crippen molar-refractivity contribution in [3.8, 4) is 21.9 Å². The van der Waals surface area contributed by atoms with Crippen molar-refractivity contribution in [2.45, 2.75) is 13.0 Å². The minimum absolute atomic E-state index is 0.212. The number of para-hydroxylation sites is 1. The van der Waals surface area contributed by atoms with Crippen LogP contribution in [-0.4, -0.2) is 15.7 Å². The molecule has 4 aromatic rings. The molecule has 2 aromatic heterocycles. The van der Waals surface area contributed by atoms with Gasteiger partial charge < -0.3 is 9.73 Å². The highest BCUT2D eigenvalue weighted by molar-refractivity contribution is 7.13. The minimum Gasteiger partial charge on any atom is -0.387 e. The number of aromatic nitrogens is 2. The van der Waals surface area contributed by atoms with Crippen LogP contribution in [0.3, 0.4) is 0 Å². The van der Waals surface area contributed by atoms with Gasteiger partial charge in [-0.2, -0.15) is 4.68 Å². The lowest BCUT2D eigenvalue weighted by Gasteiger charge is -2.14. The van der Waals surface area contributed by atoms with E-state index in [-0.39, 0.29) is 11.8 Å². The average Bonchev–Trinajstić information content (AvgIpc) is 3.38. The first-order valence-electron chi connectivity index (χ1n) is 8.72. The number of rotatable bonds is 5. The molecule has 7 heteroatoms.